The summed E-state index contributed by atoms with van der Waals surface area (Å²) in [6.45, 7) is 0.415. The normalized spacial score (nSPS) is 16.1. The second-order valence-corrected chi connectivity index (χ2v) is 7.42. The number of benzene rings is 2. The summed E-state index contributed by atoms with van der Waals surface area (Å²) in [7, 11) is 0. The highest BCUT2D eigenvalue weighted by molar-refractivity contribution is 6.42. The van der Waals surface area contributed by atoms with E-state index in [-0.39, 0.29) is 27.3 Å². The van der Waals surface area contributed by atoms with Crippen molar-refractivity contribution in [3.05, 3.63) is 67.1 Å². The van der Waals surface area contributed by atoms with Crippen LogP contribution in [0.25, 0.3) is 0 Å². The van der Waals surface area contributed by atoms with E-state index in [2.05, 4.69) is 5.32 Å². The van der Waals surface area contributed by atoms with Gasteiger partial charge in [0, 0.05) is 23.9 Å². The molecule has 1 unspecified atom stereocenters. The van der Waals surface area contributed by atoms with Crippen LogP contribution in [0.4, 0.5) is 11.4 Å². The number of carbonyl (C=O) groups excluding carboxylic acids is 2. The van der Waals surface area contributed by atoms with Crippen molar-refractivity contribution in [3.8, 4) is 0 Å². The van der Waals surface area contributed by atoms with Crippen LogP contribution in [0.5, 0.6) is 0 Å². The first-order chi connectivity index (χ1) is 13.3. The molecule has 0 aliphatic carbocycles. The molecule has 0 radical (unpaired) electrons. The minimum atomic E-state index is -0.698. The van der Waals surface area contributed by atoms with E-state index < -0.39 is 16.9 Å². The Bertz CT molecular complexity index is 967. The fourth-order valence-electron chi connectivity index (χ4n) is 3.03. The first kappa shape index (κ1) is 20.4. The predicted octanol–water partition coefficient (Wildman–Crippen LogP) is 4.80. The van der Waals surface area contributed by atoms with Gasteiger partial charge in [-0.25, -0.2) is 0 Å². The van der Waals surface area contributed by atoms with Crippen LogP contribution in [0, 0.1) is 10.1 Å². The number of rotatable bonds is 4. The molecule has 1 aliphatic rings. The topological polar surface area (TPSA) is 92.5 Å². The van der Waals surface area contributed by atoms with Crippen molar-refractivity contribution in [3.63, 3.8) is 0 Å². The van der Waals surface area contributed by atoms with Crippen LogP contribution in [0.1, 0.15) is 23.2 Å². The second-order valence-electron chi connectivity index (χ2n) is 6.20. The van der Waals surface area contributed by atoms with Gasteiger partial charge in [0.05, 0.1) is 15.0 Å². The molecular formula is C18H14Cl3N3O4. The number of likely N-dealkylation sites (tertiary alicyclic amines) is 1. The Hall–Kier alpha value is -2.35. The van der Waals surface area contributed by atoms with E-state index in [4.69, 9.17) is 34.8 Å². The first-order valence-corrected chi connectivity index (χ1v) is 9.42. The van der Waals surface area contributed by atoms with E-state index in [1.54, 1.807) is 6.07 Å². The number of nitro benzene ring substituents is 1. The van der Waals surface area contributed by atoms with E-state index in [9.17, 15) is 19.7 Å². The molecule has 2 aromatic rings. The standard InChI is InChI=1S/C18H14Cl3N3O4/c19-12-5-3-10(8-14(12)21)18(26)23-7-1-2-15(23)17(25)22-11-4-6-13(20)16(9-11)24(27)28/h3-6,8-9,15H,1-2,7H2,(H,22,25). The molecule has 7 nitrogen and oxygen atoms in total. The van der Waals surface area contributed by atoms with Gasteiger partial charge in [0.2, 0.25) is 5.91 Å². The first-order valence-electron chi connectivity index (χ1n) is 8.28. The van der Waals surface area contributed by atoms with E-state index >= 15 is 0 Å². The molecule has 1 fully saturated rings. The number of nitro groups is 1. The minimum Gasteiger partial charge on any atom is -0.327 e. The Morgan fingerprint density at radius 2 is 1.79 bits per heavy atom. The molecule has 1 N–H and O–H groups in total. The van der Waals surface area contributed by atoms with Crippen LogP contribution in [0.15, 0.2) is 36.4 Å². The van der Waals surface area contributed by atoms with Gasteiger partial charge in [0.1, 0.15) is 11.1 Å². The maximum absolute atomic E-state index is 12.8. The summed E-state index contributed by atoms with van der Waals surface area (Å²) in [5.74, 6) is -0.763. The molecule has 2 amide bonds. The average molecular weight is 443 g/mol. The molecule has 10 heteroatoms. The molecule has 3 rings (SSSR count). The lowest BCUT2D eigenvalue weighted by atomic mass is 10.1. The fourth-order valence-corrected chi connectivity index (χ4v) is 3.52. The minimum absolute atomic E-state index is 0.0275. The SMILES string of the molecule is O=C(Nc1ccc(Cl)c([N+](=O)[O-])c1)C1CCCN1C(=O)c1ccc(Cl)c(Cl)c1. The van der Waals surface area contributed by atoms with Crippen LogP contribution >= 0.6 is 34.8 Å². The average Bonchev–Trinajstić information content (AvgIpc) is 3.14. The van der Waals surface area contributed by atoms with Crippen LogP contribution in [-0.2, 0) is 4.79 Å². The molecule has 0 spiro atoms. The lowest BCUT2D eigenvalue weighted by Gasteiger charge is -2.24. The van der Waals surface area contributed by atoms with Gasteiger partial charge in [0.15, 0.2) is 0 Å². The van der Waals surface area contributed by atoms with Gasteiger partial charge in [-0.15, -0.1) is 0 Å². The number of nitrogens with zero attached hydrogens (tertiary/aromatic N) is 2. The number of anilines is 1. The smallest absolute Gasteiger partial charge is 0.289 e. The Balaban J connectivity index is 1.77. The van der Waals surface area contributed by atoms with Gasteiger partial charge in [-0.2, -0.15) is 0 Å². The maximum Gasteiger partial charge on any atom is 0.289 e. The van der Waals surface area contributed by atoms with Crippen molar-refractivity contribution in [1.29, 1.82) is 0 Å². The van der Waals surface area contributed by atoms with Crippen LogP contribution < -0.4 is 5.32 Å². The number of halogens is 3. The number of hydrogen-bond acceptors (Lipinski definition) is 4. The van der Waals surface area contributed by atoms with Gasteiger partial charge < -0.3 is 10.2 Å². The van der Waals surface area contributed by atoms with Gasteiger partial charge in [0.25, 0.3) is 11.6 Å². The van der Waals surface area contributed by atoms with Crippen LogP contribution in [0.2, 0.25) is 15.1 Å². The zero-order chi connectivity index (χ0) is 20.4. The Kier molecular flexibility index (Phi) is 6.07. The van der Waals surface area contributed by atoms with Gasteiger partial charge >= 0.3 is 0 Å². The largest absolute Gasteiger partial charge is 0.327 e. The molecule has 1 aliphatic heterocycles. The highest BCUT2D eigenvalue weighted by Gasteiger charge is 2.35. The lowest BCUT2D eigenvalue weighted by Crippen LogP contribution is -2.43. The van der Waals surface area contributed by atoms with Crippen molar-refractivity contribution in [1.82, 2.24) is 4.90 Å². The Labute approximate surface area is 175 Å². The van der Waals surface area contributed by atoms with Crippen molar-refractivity contribution in [2.45, 2.75) is 18.9 Å². The Morgan fingerprint density at radius 3 is 2.46 bits per heavy atom. The number of nitrogens with one attached hydrogen (secondary N) is 1. The molecule has 1 atom stereocenters. The van der Waals surface area contributed by atoms with Gasteiger partial charge in [-0.3, -0.25) is 19.7 Å². The Morgan fingerprint density at radius 1 is 1.07 bits per heavy atom. The van der Waals surface area contributed by atoms with Crippen LogP contribution in [0.3, 0.4) is 0 Å². The zero-order valence-electron chi connectivity index (χ0n) is 14.3. The van der Waals surface area contributed by atoms with Crippen molar-refractivity contribution in [2.24, 2.45) is 0 Å². The summed E-state index contributed by atoms with van der Waals surface area (Å²) in [6, 6.07) is 7.82. The molecule has 1 saturated heterocycles. The lowest BCUT2D eigenvalue weighted by molar-refractivity contribution is -0.384. The third kappa shape index (κ3) is 4.22. The summed E-state index contributed by atoms with van der Waals surface area (Å²) >= 11 is 17.6. The molecule has 146 valence electrons. The quantitative estimate of drug-likeness (QED) is 0.544. The monoisotopic (exact) mass is 441 g/mol. The molecule has 0 saturated carbocycles. The molecule has 0 aromatic heterocycles. The van der Waals surface area contributed by atoms with Crippen LogP contribution in [-0.4, -0.2) is 34.2 Å². The van der Waals surface area contributed by atoms with Crippen molar-refractivity contribution < 1.29 is 14.5 Å². The number of hydrogen-bond donors (Lipinski definition) is 1. The number of carbonyl (C=O) groups is 2. The van der Waals surface area contributed by atoms with E-state index in [1.165, 1.54) is 35.2 Å². The summed E-state index contributed by atoms with van der Waals surface area (Å²) in [5.41, 5.74) is 0.251. The molecule has 28 heavy (non-hydrogen) atoms. The summed E-state index contributed by atoms with van der Waals surface area (Å²) in [6.07, 6.45) is 1.14. The summed E-state index contributed by atoms with van der Waals surface area (Å²) in [4.78, 5) is 37.3. The summed E-state index contributed by atoms with van der Waals surface area (Å²) < 4.78 is 0. The second kappa shape index (κ2) is 8.34. The van der Waals surface area contributed by atoms with Gasteiger partial charge in [-0.1, -0.05) is 34.8 Å². The van der Waals surface area contributed by atoms with Crippen molar-refractivity contribution >= 4 is 58.0 Å². The molecule has 1 heterocycles. The van der Waals surface area contributed by atoms with E-state index in [1.807, 2.05) is 0 Å². The maximum atomic E-state index is 12.8. The highest BCUT2D eigenvalue weighted by atomic mass is 35.5. The fraction of sp³-hybridized carbons (Fsp3) is 0.222. The van der Waals surface area contributed by atoms with Crippen molar-refractivity contribution in [2.75, 3.05) is 11.9 Å². The predicted molar refractivity (Wildman–Crippen MR) is 107 cm³/mol. The van der Waals surface area contributed by atoms with E-state index in [0.717, 1.165) is 0 Å². The molecular weight excluding hydrogens is 429 g/mol. The molecule has 0 bridgehead atoms. The third-order valence-electron chi connectivity index (χ3n) is 4.39. The highest BCUT2D eigenvalue weighted by Crippen LogP contribution is 2.29. The number of amides is 2. The third-order valence-corrected chi connectivity index (χ3v) is 5.45. The zero-order valence-corrected chi connectivity index (χ0v) is 16.6. The molecule has 2 aromatic carbocycles. The summed E-state index contributed by atoms with van der Waals surface area (Å²) in [5, 5.41) is 14.2. The van der Waals surface area contributed by atoms with E-state index in [0.29, 0.717) is 30.0 Å². The van der Waals surface area contributed by atoms with Gasteiger partial charge in [-0.05, 0) is 43.2 Å².